The summed E-state index contributed by atoms with van der Waals surface area (Å²) in [5.74, 6) is 3.27. The van der Waals surface area contributed by atoms with Gasteiger partial charge in [0.2, 0.25) is 0 Å². The number of likely N-dealkylation sites (tertiary alicyclic amines) is 1. The van der Waals surface area contributed by atoms with Gasteiger partial charge in [0, 0.05) is 19.3 Å². The van der Waals surface area contributed by atoms with Crippen LogP contribution in [0, 0.1) is 5.92 Å². The monoisotopic (exact) mass is 302 g/mol. The zero-order valence-electron chi connectivity index (χ0n) is 12.5. The van der Waals surface area contributed by atoms with Crippen LogP contribution in [0.15, 0.2) is 18.3 Å². The van der Waals surface area contributed by atoms with Crippen molar-refractivity contribution in [2.45, 2.75) is 31.1 Å². The minimum atomic E-state index is 0.568. The van der Waals surface area contributed by atoms with Crippen molar-refractivity contribution in [3.8, 4) is 0 Å². The SMILES string of the molecule is CN1CCC(Cn2c(C3CCCS3)nc3cccnc32)C1. The number of aromatic nitrogens is 3. The molecule has 112 valence electrons. The molecule has 0 radical (unpaired) electrons. The lowest BCUT2D eigenvalue weighted by Crippen LogP contribution is -2.18. The Morgan fingerprint density at radius 3 is 3.10 bits per heavy atom. The fourth-order valence-corrected chi connectivity index (χ4v) is 4.90. The molecule has 2 aromatic heterocycles. The van der Waals surface area contributed by atoms with Gasteiger partial charge in [0.1, 0.15) is 11.3 Å². The lowest BCUT2D eigenvalue weighted by atomic mass is 10.1. The first-order chi connectivity index (χ1) is 10.3. The van der Waals surface area contributed by atoms with Gasteiger partial charge in [0.05, 0.1) is 5.25 Å². The summed E-state index contributed by atoms with van der Waals surface area (Å²) in [6.45, 7) is 3.49. The van der Waals surface area contributed by atoms with Crippen molar-refractivity contribution in [1.82, 2.24) is 19.4 Å². The van der Waals surface area contributed by atoms with Crippen molar-refractivity contribution >= 4 is 22.9 Å². The van der Waals surface area contributed by atoms with Crippen LogP contribution in [0.25, 0.3) is 11.2 Å². The summed E-state index contributed by atoms with van der Waals surface area (Å²) in [5, 5.41) is 0.568. The molecule has 2 atom stereocenters. The second kappa shape index (κ2) is 5.61. The lowest BCUT2D eigenvalue weighted by molar-refractivity contribution is 0.377. The van der Waals surface area contributed by atoms with Crippen LogP contribution < -0.4 is 0 Å². The quantitative estimate of drug-likeness (QED) is 0.873. The minimum Gasteiger partial charge on any atom is -0.311 e. The van der Waals surface area contributed by atoms with E-state index in [1.54, 1.807) is 0 Å². The molecule has 4 rings (SSSR count). The number of pyridine rings is 1. The molecule has 5 heteroatoms. The van der Waals surface area contributed by atoms with Gasteiger partial charge < -0.3 is 9.47 Å². The smallest absolute Gasteiger partial charge is 0.160 e. The molecule has 2 aromatic rings. The molecule has 0 spiro atoms. The zero-order chi connectivity index (χ0) is 14.2. The zero-order valence-corrected chi connectivity index (χ0v) is 13.4. The highest BCUT2D eigenvalue weighted by Crippen LogP contribution is 2.40. The Morgan fingerprint density at radius 2 is 2.33 bits per heavy atom. The largest absolute Gasteiger partial charge is 0.311 e. The van der Waals surface area contributed by atoms with Crippen molar-refractivity contribution in [1.29, 1.82) is 0 Å². The van der Waals surface area contributed by atoms with E-state index in [4.69, 9.17) is 4.98 Å². The number of hydrogen-bond acceptors (Lipinski definition) is 4. The van der Waals surface area contributed by atoms with Crippen LogP contribution in [0.4, 0.5) is 0 Å². The molecule has 0 N–H and O–H groups in total. The Morgan fingerprint density at radius 1 is 1.38 bits per heavy atom. The molecule has 0 aliphatic carbocycles. The van der Waals surface area contributed by atoms with Gasteiger partial charge in [0.15, 0.2) is 5.65 Å². The van der Waals surface area contributed by atoms with Crippen LogP contribution in [0.2, 0.25) is 0 Å². The summed E-state index contributed by atoms with van der Waals surface area (Å²) in [7, 11) is 2.22. The molecule has 4 nitrogen and oxygen atoms in total. The third-order valence-corrected chi connectivity index (χ3v) is 6.05. The van der Waals surface area contributed by atoms with Gasteiger partial charge in [-0.1, -0.05) is 0 Å². The van der Waals surface area contributed by atoms with E-state index >= 15 is 0 Å². The van der Waals surface area contributed by atoms with Crippen LogP contribution in [0.1, 0.15) is 30.3 Å². The molecule has 0 amide bonds. The van der Waals surface area contributed by atoms with Crippen LogP contribution in [-0.2, 0) is 6.54 Å². The number of rotatable bonds is 3. The van der Waals surface area contributed by atoms with Gasteiger partial charge in [-0.05, 0) is 56.7 Å². The average molecular weight is 302 g/mol. The molecule has 2 saturated heterocycles. The molecule has 0 saturated carbocycles. The van der Waals surface area contributed by atoms with E-state index in [0.717, 1.165) is 23.6 Å². The van der Waals surface area contributed by atoms with Crippen molar-refractivity contribution in [3.05, 3.63) is 24.2 Å². The second-order valence-electron chi connectivity index (χ2n) is 6.35. The predicted octanol–water partition coefficient (Wildman–Crippen LogP) is 2.95. The van der Waals surface area contributed by atoms with Gasteiger partial charge in [-0.3, -0.25) is 0 Å². The fraction of sp³-hybridized carbons (Fsp3) is 0.625. The number of hydrogen-bond donors (Lipinski definition) is 0. The number of imidazole rings is 1. The maximum Gasteiger partial charge on any atom is 0.160 e. The van der Waals surface area contributed by atoms with Crippen LogP contribution in [0.3, 0.4) is 0 Å². The van der Waals surface area contributed by atoms with Gasteiger partial charge in [0.25, 0.3) is 0 Å². The first-order valence-electron chi connectivity index (χ1n) is 7.92. The highest BCUT2D eigenvalue weighted by atomic mass is 32.2. The van der Waals surface area contributed by atoms with E-state index < -0.39 is 0 Å². The summed E-state index contributed by atoms with van der Waals surface area (Å²) in [6, 6.07) is 4.09. The first-order valence-corrected chi connectivity index (χ1v) is 8.97. The Labute approximate surface area is 129 Å². The molecular formula is C16H22N4S. The fourth-order valence-electron chi connectivity index (χ4n) is 3.62. The van der Waals surface area contributed by atoms with E-state index in [0.29, 0.717) is 5.25 Å². The topological polar surface area (TPSA) is 34.0 Å². The predicted molar refractivity (Wildman–Crippen MR) is 87.6 cm³/mol. The summed E-state index contributed by atoms with van der Waals surface area (Å²) in [4.78, 5) is 12.0. The average Bonchev–Trinajstić information content (AvgIpc) is 3.20. The van der Waals surface area contributed by atoms with Crippen molar-refractivity contribution < 1.29 is 0 Å². The van der Waals surface area contributed by atoms with Crippen LogP contribution >= 0.6 is 11.8 Å². The third kappa shape index (κ3) is 2.57. The van der Waals surface area contributed by atoms with Crippen molar-refractivity contribution in [2.75, 3.05) is 25.9 Å². The van der Waals surface area contributed by atoms with E-state index in [-0.39, 0.29) is 0 Å². The summed E-state index contributed by atoms with van der Waals surface area (Å²) in [5.41, 5.74) is 2.14. The van der Waals surface area contributed by atoms with E-state index in [2.05, 4.69) is 39.3 Å². The Balaban J connectivity index is 1.71. The second-order valence-corrected chi connectivity index (χ2v) is 7.66. The van der Waals surface area contributed by atoms with E-state index in [1.165, 1.54) is 43.9 Å². The molecule has 4 heterocycles. The van der Waals surface area contributed by atoms with Crippen LogP contribution in [0.5, 0.6) is 0 Å². The normalized spacial score (nSPS) is 26.9. The standard InChI is InChI=1S/C16H22N4S/c1-19-8-6-12(10-19)11-20-15-13(4-2-7-17-15)18-16(20)14-5-3-9-21-14/h2,4,7,12,14H,3,5-6,8-11H2,1H3. The highest BCUT2D eigenvalue weighted by molar-refractivity contribution is 7.99. The van der Waals surface area contributed by atoms with E-state index in [9.17, 15) is 0 Å². The number of fused-ring (bicyclic) bond motifs is 1. The molecule has 0 bridgehead atoms. The van der Waals surface area contributed by atoms with Crippen LogP contribution in [-0.4, -0.2) is 45.3 Å². The summed E-state index contributed by atoms with van der Waals surface area (Å²) in [6.07, 6.45) is 5.77. The molecule has 2 unspecified atom stereocenters. The Hall–Kier alpha value is -1.07. The number of nitrogens with zero attached hydrogens (tertiary/aromatic N) is 4. The first kappa shape index (κ1) is 13.6. The molecule has 2 aliphatic heterocycles. The Kier molecular flexibility index (Phi) is 3.63. The van der Waals surface area contributed by atoms with Gasteiger partial charge >= 0.3 is 0 Å². The molecule has 0 aromatic carbocycles. The molecule has 2 fully saturated rings. The van der Waals surface area contributed by atoms with E-state index in [1.807, 2.05) is 12.3 Å². The molecular weight excluding hydrogens is 280 g/mol. The molecule has 2 aliphatic rings. The van der Waals surface area contributed by atoms with Gasteiger partial charge in [-0.25, -0.2) is 9.97 Å². The number of thioether (sulfide) groups is 1. The minimum absolute atomic E-state index is 0.568. The summed E-state index contributed by atoms with van der Waals surface area (Å²) < 4.78 is 2.42. The maximum absolute atomic E-state index is 4.92. The Bertz CT molecular complexity index is 632. The van der Waals surface area contributed by atoms with Crippen molar-refractivity contribution in [2.24, 2.45) is 5.92 Å². The van der Waals surface area contributed by atoms with Crippen molar-refractivity contribution in [3.63, 3.8) is 0 Å². The summed E-state index contributed by atoms with van der Waals surface area (Å²) >= 11 is 2.06. The van der Waals surface area contributed by atoms with Gasteiger partial charge in [-0.2, -0.15) is 11.8 Å². The lowest BCUT2D eigenvalue weighted by Gasteiger charge is -2.16. The third-order valence-electron chi connectivity index (χ3n) is 4.68. The van der Waals surface area contributed by atoms with Gasteiger partial charge in [-0.15, -0.1) is 0 Å². The molecule has 21 heavy (non-hydrogen) atoms. The maximum atomic E-state index is 4.92. The highest BCUT2D eigenvalue weighted by Gasteiger charge is 2.27.